The van der Waals surface area contributed by atoms with Crippen molar-refractivity contribution < 1.29 is 0 Å². The van der Waals surface area contributed by atoms with E-state index >= 15 is 0 Å². The molecule has 0 spiro atoms. The summed E-state index contributed by atoms with van der Waals surface area (Å²) >= 11 is 11.8. The lowest BCUT2D eigenvalue weighted by Gasteiger charge is -2.39. The molecule has 0 heterocycles. The van der Waals surface area contributed by atoms with Crippen molar-refractivity contribution in [3.8, 4) is 0 Å². The van der Waals surface area contributed by atoms with E-state index in [1.807, 2.05) is 12.1 Å². The zero-order chi connectivity index (χ0) is 9.47. The van der Waals surface area contributed by atoms with Gasteiger partial charge in [0, 0.05) is 0 Å². The third-order valence-electron chi connectivity index (χ3n) is 3.07. The van der Waals surface area contributed by atoms with Gasteiger partial charge in [0.2, 0.25) is 0 Å². The SMILES string of the molecule is CC1(c2ccc(Cl)c(Cl)c2)CCC1. The smallest absolute Gasteiger partial charge is 0.0595 e. The van der Waals surface area contributed by atoms with Crippen LogP contribution >= 0.6 is 23.2 Å². The molecule has 0 radical (unpaired) electrons. The Morgan fingerprint density at radius 2 is 1.85 bits per heavy atom. The molecule has 0 bridgehead atoms. The molecule has 2 heteroatoms. The molecule has 1 aliphatic carbocycles. The van der Waals surface area contributed by atoms with Gasteiger partial charge in [0.15, 0.2) is 0 Å². The van der Waals surface area contributed by atoms with Gasteiger partial charge in [-0.1, -0.05) is 42.6 Å². The highest BCUT2D eigenvalue weighted by molar-refractivity contribution is 6.42. The Kier molecular flexibility index (Phi) is 2.29. The Morgan fingerprint density at radius 1 is 1.15 bits per heavy atom. The van der Waals surface area contributed by atoms with Crippen molar-refractivity contribution in [1.82, 2.24) is 0 Å². The summed E-state index contributed by atoms with van der Waals surface area (Å²) in [7, 11) is 0. The molecule has 70 valence electrons. The maximum Gasteiger partial charge on any atom is 0.0595 e. The minimum atomic E-state index is 0.355. The van der Waals surface area contributed by atoms with Gasteiger partial charge in [0.1, 0.15) is 0 Å². The van der Waals surface area contributed by atoms with Gasteiger partial charge in [0.25, 0.3) is 0 Å². The summed E-state index contributed by atoms with van der Waals surface area (Å²) in [5, 5.41) is 1.32. The van der Waals surface area contributed by atoms with E-state index < -0.39 is 0 Å². The fourth-order valence-corrected chi connectivity index (χ4v) is 2.17. The van der Waals surface area contributed by atoms with E-state index in [4.69, 9.17) is 23.2 Å². The molecule has 0 unspecified atom stereocenters. The van der Waals surface area contributed by atoms with Crippen molar-refractivity contribution in [2.75, 3.05) is 0 Å². The van der Waals surface area contributed by atoms with Gasteiger partial charge in [-0.3, -0.25) is 0 Å². The monoisotopic (exact) mass is 214 g/mol. The van der Waals surface area contributed by atoms with Gasteiger partial charge in [-0.2, -0.15) is 0 Å². The van der Waals surface area contributed by atoms with Gasteiger partial charge in [-0.05, 0) is 36.0 Å². The van der Waals surface area contributed by atoms with E-state index in [-0.39, 0.29) is 0 Å². The minimum Gasteiger partial charge on any atom is -0.0827 e. The summed E-state index contributed by atoms with van der Waals surface area (Å²) in [5.41, 5.74) is 1.68. The van der Waals surface area contributed by atoms with E-state index in [1.54, 1.807) is 0 Å². The fraction of sp³-hybridized carbons (Fsp3) is 0.455. The number of rotatable bonds is 1. The Morgan fingerprint density at radius 3 is 2.31 bits per heavy atom. The predicted molar refractivity (Wildman–Crippen MR) is 57.7 cm³/mol. The maximum absolute atomic E-state index is 5.97. The number of halogens is 2. The second kappa shape index (κ2) is 3.18. The van der Waals surface area contributed by atoms with Crippen molar-refractivity contribution in [3.63, 3.8) is 0 Å². The van der Waals surface area contributed by atoms with Gasteiger partial charge in [0.05, 0.1) is 10.0 Å². The summed E-state index contributed by atoms with van der Waals surface area (Å²) in [6, 6.07) is 5.99. The molecule has 0 aromatic heterocycles. The molecule has 1 aromatic rings. The first-order chi connectivity index (χ1) is 6.12. The Balaban J connectivity index is 2.36. The van der Waals surface area contributed by atoms with Gasteiger partial charge >= 0.3 is 0 Å². The summed E-state index contributed by atoms with van der Waals surface area (Å²) in [4.78, 5) is 0. The van der Waals surface area contributed by atoms with Gasteiger partial charge in [-0.25, -0.2) is 0 Å². The average molecular weight is 215 g/mol. The molecule has 2 rings (SSSR count). The third-order valence-corrected chi connectivity index (χ3v) is 3.81. The molecular formula is C11H12Cl2. The van der Waals surface area contributed by atoms with E-state index in [0.717, 1.165) is 0 Å². The first-order valence-corrected chi connectivity index (χ1v) is 5.33. The zero-order valence-corrected chi connectivity index (χ0v) is 9.12. The zero-order valence-electron chi connectivity index (χ0n) is 7.61. The molecular weight excluding hydrogens is 203 g/mol. The van der Waals surface area contributed by atoms with Crippen molar-refractivity contribution >= 4 is 23.2 Å². The summed E-state index contributed by atoms with van der Waals surface area (Å²) in [6.07, 6.45) is 3.87. The minimum absolute atomic E-state index is 0.355. The van der Waals surface area contributed by atoms with Crippen LogP contribution in [0.2, 0.25) is 10.0 Å². The molecule has 1 fully saturated rings. The molecule has 1 saturated carbocycles. The van der Waals surface area contributed by atoms with Crippen LogP contribution in [0, 0.1) is 0 Å². The highest BCUT2D eigenvalue weighted by atomic mass is 35.5. The molecule has 0 aliphatic heterocycles. The quantitative estimate of drug-likeness (QED) is 0.649. The molecule has 1 aromatic carbocycles. The van der Waals surface area contributed by atoms with Crippen LogP contribution in [0.1, 0.15) is 31.7 Å². The number of benzene rings is 1. The van der Waals surface area contributed by atoms with Crippen LogP contribution < -0.4 is 0 Å². The second-order valence-electron chi connectivity index (χ2n) is 4.04. The van der Waals surface area contributed by atoms with Crippen LogP contribution in [0.3, 0.4) is 0 Å². The Bertz CT molecular complexity index is 327. The lowest BCUT2D eigenvalue weighted by molar-refractivity contribution is 0.272. The van der Waals surface area contributed by atoms with Crippen LogP contribution in [-0.4, -0.2) is 0 Å². The first kappa shape index (κ1) is 9.36. The number of hydrogen-bond acceptors (Lipinski definition) is 0. The fourth-order valence-electron chi connectivity index (χ4n) is 1.87. The van der Waals surface area contributed by atoms with Crippen LogP contribution in [0.25, 0.3) is 0 Å². The Hall–Kier alpha value is -0.200. The standard InChI is InChI=1S/C11H12Cl2/c1-11(5-2-6-11)8-3-4-9(12)10(13)7-8/h3-4,7H,2,5-6H2,1H3. The molecule has 0 nitrogen and oxygen atoms in total. The van der Waals surface area contributed by atoms with E-state index in [2.05, 4.69) is 13.0 Å². The van der Waals surface area contributed by atoms with E-state index in [9.17, 15) is 0 Å². The third kappa shape index (κ3) is 1.58. The first-order valence-electron chi connectivity index (χ1n) is 4.57. The van der Waals surface area contributed by atoms with Crippen LogP contribution in [0.5, 0.6) is 0 Å². The van der Waals surface area contributed by atoms with Crippen LogP contribution in [0.4, 0.5) is 0 Å². The number of hydrogen-bond donors (Lipinski definition) is 0. The van der Waals surface area contributed by atoms with Crippen molar-refractivity contribution in [2.24, 2.45) is 0 Å². The van der Waals surface area contributed by atoms with Crippen molar-refractivity contribution in [1.29, 1.82) is 0 Å². The van der Waals surface area contributed by atoms with Gasteiger partial charge < -0.3 is 0 Å². The summed E-state index contributed by atoms with van der Waals surface area (Å²) in [5.74, 6) is 0. The highest BCUT2D eigenvalue weighted by Gasteiger charge is 2.33. The van der Waals surface area contributed by atoms with Crippen molar-refractivity contribution in [3.05, 3.63) is 33.8 Å². The van der Waals surface area contributed by atoms with Gasteiger partial charge in [-0.15, -0.1) is 0 Å². The lowest BCUT2D eigenvalue weighted by atomic mass is 9.66. The van der Waals surface area contributed by atoms with Crippen LogP contribution in [0.15, 0.2) is 18.2 Å². The van der Waals surface area contributed by atoms with Crippen LogP contribution in [-0.2, 0) is 5.41 Å². The van der Waals surface area contributed by atoms with E-state index in [0.29, 0.717) is 15.5 Å². The summed E-state index contributed by atoms with van der Waals surface area (Å²) in [6.45, 7) is 2.29. The lowest BCUT2D eigenvalue weighted by Crippen LogP contribution is -2.30. The molecule has 0 atom stereocenters. The predicted octanol–water partition coefficient (Wildman–Crippen LogP) is 4.44. The van der Waals surface area contributed by atoms with Crippen molar-refractivity contribution in [2.45, 2.75) is 31.6 Å². The maximum atomic E-state index is 5.97. The molecule has 0 amide bonds. The average Bonchev–Trinajstić information content (AvgIpc) is 2.06. The molecule has 1 aliphatic rings. The van der Waals surface area contributed by atoms with E-state index in [1.165, 1.54) is 24.8 Å². The topological polar surface area (TPSA) is 0 Å². The molecule has 0 N–H and O–H groups in total. The molecule has 13 heavy (non-hydrogen) atoms. The summed E-state index contributed by atoms with van der Waals surface area (Å²) < 4.78 is 0. The second-order valence-corrected chi connectivity index (χ2v) is 4.86. The molecule has 0 saturated heterocycles. The Labute approximate surface area is 88.9 Å². The highest BCUT2D eigenvalue weighted by Crippen LogP contribution is 2.44. The largest absolute Gasteiger partial charge is 0.0827 e. The normalized spacial score (nSPS) is 19.6.